The third-order valence-electron chi connectivity index (χ3n) is 16.8. The van der Waals surface area contributed by atoms with E-state index >= 15 is 0 Å². The minimum atomic E-state index is -2.92. The lowest BCUT2D eigenvalue weighted by Crippen LogP contribution is -2.66. The number of rotatable bonds is 7. The molecule has 7 nitrogen and oxygen atoms in total. The SMILES string of the molecule is C=C(C)[C@@H]1CC[C@]2(C(=O)NCCN3CCS(=O)(=O)CC3)CC[C@]3(C)[C@H](CC[C@@H]4[C@@]5(C)CC=C(c6ccc(B(O)O)cc6)C(C)(C)[C@@H]5CC[C@]43C)[C@@H]12. The normalized spacial score (nSPS) is 41.3. The average molecular weight is 719 g/mol. The maximum atomic E-state index is 14.5. The molecule has 7 rings (SSSR count). The minimum absolute atomic E-state index is 0.00973. The molecule has 0 radical (unpaired) electrons. The number of nitrogens with one attached hydrogen (secondary N) is 1. The highest BCUT2D eigenvalue weighted by Crippen LogP contribution is 2.77. The van der Waals surface area contributed by atoms with Gasteiger partial charge in [0.05, 0.1) is 16.9 Å². The third-order valence-corrected chi connectivity index (χ3v) is 18.4. The second-order valence-corrected chi connectivity index (χ2v) is 21.4. The Morgan fingerprint density at radius 2 is 1.61 bits per heavy atom. The molecule has 1 aromatic rings. The van der Waals surface area contributed by atoms with Crippen LogP contribution in [-0.2, 0) is 14.6 Å². The van der Waals surface area contributed by atoms with Crippen LogP contribution in [0, 0.1) is 56.7 Å². The molecular formula is C42H63BN2O5S. The van der Waals surface area contributed by atoms with E-state index in [1.807, 2.05) is 12.1 Å². The van der Waals surface area contributed by atoms with Gasteiger partial charge in [-0.2, -0.15) is 0 Å². The Morgan fingerprint density at radius 3 is 2.25 bits per heavy atom. The second-order valence-electron chi connectivity index (χ2n) is 19.1. The van der Waals surface area contributed by atoms with Crippen molar-refractivity contribution in [3.05, 3.63) is 48.1 Å². The Kier molecular flexibility index (Phi) is 9.41. The molecule has 0 unspecified atom stereocenters. The first-order chi connectivity index (χ1) is 23.9. The van der Waals surface area contributed by atoms with Crippen molar-refractivity contribution in [3.8, 4) is 0 Å². The smallest absolute Gasteiger partial charge is 0.423 e. The van der Waals surface area contributed by atoms with Crippen molar-refractivity contribution >= 4 is 33.9 Å². The van der Waals surface area contributed by atoms with Crippen LogP contribution in [0.1, 0.15) is 105 Å². The molecule has 9 atom stereocenters. The molecule has 1 aromatic carbocycles. The topological polar surface area (TPSA) is 107 Å². The van der Waals surface area contributed by atoms with Gasteiger partial charge in [0.25, 0.3) is 0 Å². The monoisotopic (exact) mass is 718 g/mol. The van der Waals surface area contributed by atoms with Crippen molar-refractivity contribution in [1.82, 2.24) is 10.2 Å². The number of carbonyl (C=O) groups excluding carboxylic acids is 1. The Morgan fingerprint density at radius 1 is 0.922 bits per heavy atom. The summed E-state index contributed by atoms with van der Waals surface area (Å²) in [5.74, 6) is 2.99. The van der Waals surface area contributed by atoms with Crippen molar-refractivity contribution in [2.24, 2.45) is 56.7 Å². The van der Waals surface area contributed by atoms with Crippen LogP contribution in [0.3, 0.4) is 0 Å². The van der Waals surface area contributed by atoms with E-state index in [9.17, 15) is 23.3 Å². The van der Waals surface area contributed by atoms with E-state index in [1.54, 1.807) is 0 Å². The Bertz CT molecular complexity index is 1680. The Balaban J connectivity index is 1.14. The number of benzene rings is 1. The predicted octanol–water partition coefficient (Wildman–Crippen LogP) is 5.86. The first-order valence-electron chi connectivity index (χ1n) is 19.9. The van der Waals surface area contributed by atoms with Crippen LogP contribution < -0.4 is 10.8 Å². The van der Waals surface area contributed by atoms with E-state index in [2.05, 4.69) is 76.5 Å². The lowest BCUT2D eigenvalue weighted by atomic mass is 9.32. The molecule has 4 saturated carbocycles. The lowest BCUT2D eigenvalue weighted by molar-refractivity contribution is -0.225. The molecule has 3 N–H and O–H groups in total. The van der Waals surface area contributed by atoms with Crippen LogP contribution in [0.2, 0.25) is 0 Å². The maximum absolute atomic E-state index is 14.5. The second kappa shape index (κ2) is 12.8. The molecule has 280 valence electrons. The third kappa shape index (κ3) is 5.76. The van der Waals surface area contributed by atoms with Gasteiger partial charge in [0.1, 0.15) is 0 Å². The van der Waals surface area contributed by atoms with Crippen LogP contribution in [0.25, 0.3) is 5.57 Å². The van der Waals surface area contributed by atoms with Gasteiger partial charge in [0, 0.05) is 26.2 Å². The first kappa shape index (κ1) is 37.4. The summed E-state index contributed by atoms with van der Waals surface area (Å²) < 4.78 is 23.9. The van der Waals surface area contributed by atoms with Crippen molar-refractivity contribution in [3.63, 3.8) is 0 Å². The molecule has 0 bridgehead atoms. The summed E-state index contributed by atoms with van der Waals surface area (Å²) in [7, 11) is -4.37. The molecule has 1 heterocycles. The summed E-state index contributed by atoms with van der Waals surface area (Å²) in [5, 5.41) is 22.8. The fourth-order valence-corrected chi connectivity index (χ4v) is 15.2. The van der Waals surface area contributed by atoms with Gasteiger partial charge in [-0.3, -0.25) is 9.69 Å². The number of hydrogen-bond acceptors (Lipinski definition) is 6. The zero-order chi connectivity index (χ0) is 36.8. The highest BCUT2D eigenvalue weighted by Gasteiger charge is 2.71. The van der Waals surface area contributed by atoms with Crippen molar-refractivity contribution < 1.29 is 23.3 Å². The quantitative estimate of drug-likeness (QED) is 0.241. The van der Waals surface area contributed by atoms with Gasteiger partial charge in [-0.15, -0.1) is 0 Å². The molecule has 6 aliphatic rings. The number of fused-ring (bicyclic) bond motifs is 7. The molecule has 1 amide bonds. The van der Waals surface area contributed by atoms with Crippen molar-refractivity contribution in [1.29, 1.82) is 0 Å². The zero-order valence-corrected chi connectivity index (χ0v) is 33.0. The summed E-state index contributed by atoms with van der Waals surface area (Å²) in [6.45, 7) is 21.9. The van der Waals surface area contributed by atoms with Gasteiger partial charge in [0.2, 0.25) is 5.91 Å². The van der Waals surface area contributed by atoms with Crippen LogP contribution in [0.4, 0.5) is 0 Å². The molecule has 1 saturated heterocycles. The number of sulfone groups is 1. The summed E-state index contributed by atoms with van der Waals surface area (Å²) in [6.07, 6.45) is 12.4. The largest absolute Gasteiger partial charge is 0.488 e. The maximum Gasteiger partial charge on any atom is 0.488 e. The van der Waals surface area contributed by atoms with Gasteiger partial charge in [-0.25, -0.2) is 8.42 Å². The van der Waals surface area contributed by atoms with Gasteiger partial charge in [0.15, 0.2) is 9.84 Å². The lowest BCUT2D eigenvalue weighted by Gasteiger charge is -2.72. The summed E-state index contributed by atoms with van der Waals surface area (Å²) >= 11 is 0. The molecule has 5 fully saturated rings. The fraction of sp³-hybridized carbons (Fsp3) is 0.738. The van der Waals surface area contributed by atoms with E-state index in [1.165, 1.54) is 42.4 Å². The molecule has 0 aromatic heterocycles. The molecule has 9 heteroatoms. The number of allylic oxidation sites excluding steroid dienone is 3. The Hall–Kier alpha value is -1.94. The minimum Gasteiger partial charge on any atom is -0.423 e. The van der Waals surface area contributed by atoms with Gasteiger partial charge >= 0.3 is 7.12 Å². The van der Waals surface area contributed by atoms with E-state index in [-0.39, 0.29) is 44.5 Å². The van der Waals surface area contributed by atoms with Crippen LogP contribution in [0.5, 0.6) is 0 Å². The number of amides is 1. The van der Waals surface area contributed by atoms with Gasteiger partial charge in [-0.1, -0.05) is 77.1 Å². The standard InChI is InChI=1S/C42H63BN2O5S/c1-28(2)31-14-19-42(37(46)44-22-23-45-24-26-51(49,50)27-25-45)21-20-40(6)33(36(31)42)12-13-35-39(5)17-15-32(29-8-10-30(11-9-29)43(47)48)38(3,4)34(39)16-18-41(35,40)7/h8-11,15,31,33-36,47-48H,1,12-14,16-27H2,2-7H3,(H,44,46)/t31-,33+,34-,35+,36+,39-,40+,41+,42-/m0/s1. The van der Waals surface area contributed by atoms with E-state index in [4.69, 9.17) is 0 Å². The number of hydrogen-bond donors (Lipinski definition) is 3. The van der Waals surface area contributed by atoms with Crippen molar-refractivity contribution in [2.45, 2.75) is 99.3 Å². The molecule has 5 aliphatic carbocycles. The number of carbonyl (C=O) groups is 1. The molecular weight excluding hydrogens is 655 g/mol. The van der Waals surface area contributed by atoms with Crippen LogP contribution >= 0.6 is 0 Å². The highest BCUT2D eigenvalue weighted by atomic mass is 32.2. The van der Waals surface area contributed by atoms with Crippen LogP contribution in [-0.4, -0.2) is 74.1 Å². The Labute approximate surface area is 308 Å². The highest BCUT2D eigenvalue weighted by molar-refractivity contribution is 7.91. The predicted molar refractivity (Wildman–Crippen MR) is 207 cm³/mol. The molecule has 1 aliphatic heterocycles. The summed E-state index contributed by atoms with van der Waals surface area (Å²) in [4.78, 5) is 16.7. The zero-order valence-electron chi connectivity index (χ0n) is 32.1. The first-order valence-corrected chi connectivity index (χ1v) is 21.8. The van der Waals surface area contributed by atoms with Crippen molar-refractivity contribution in [2.75, 3.05) is 37.7 Å². The van der Waals surface area contributed by atoms with Gasteiger partial charge < -0.3 is 15.4 Å². The summed E-state index contributed by atoms with van der Waals surface area (Å²) in [5.41, 5.74) is 4.49. The van der Waals surface area contributed by atoms with E-state index in [0.717, 1.165) is 32.1 Å². The number of nitrogens with zero attached hydrogens (tertiary/aromatic N) is 1. The molecule has 0 spiro atoms. The van der Waals surface area contributed by atoms with E-state index < -0.39 is 17.0 Å². The molecule has 51 heavy (non-hydrogen) atoms. The van der Waals surface area contributed by atoms with Crippen LogP contribution in [0.15, 0.2) is 42.5 Å². The fourth-order valence-electron chi connectivity index (χ4n) is 13.9. The average Bonchev–Trinajstić information content (AvgIpc) is 3.47. The summed E-state index contributed by atoms with van der Waals surface area (Å²) in [6, 6.07) is 7.82. The van der Waals surface area contributed by atoms with Gasteiger partial charge in [-0.05, 0) is 133 Å². The van der Waals surface area contributed by atoms with E-state index in [0.29, 0.717) is 61.2 Å².